The van der Waals surface area contributed by atoms with E-state index in [1.54, 1.807) is 19.1 Å². The lowest BCUT2D eigenvalue weighted by atomic mass is 10.2. The molecule has 0 radical (unpaired) electrons. The minimum atomic E-state index is -0.715. The number of hydrogen-bond acceptors (Lipinski definition) is 7. The van der Waals surface area contributed by atoms with Gasteiger partial charge in [-0.2, -0.15) is 0 Å². The van der Waals surface area contributed by atoms with Crippen molar-refractivity contribution < 1.29 is 28.8 Å². The van der Waals surface area contributed by atoms with E-state index in [9.17, 15) is 24.5 Å². The summed E-state index contributed by atoms with van der Waals surface area (Å²) in [5.41, 5.74) is 2.63. The zero-order valence-corrected chi connectivity index (χ0v) is 17.3. The van der Waals surface area contributed by atoms with Crippen molar-refractivity contribution >= 4 is 29.7 Å². The van der Waals surface area contributed by atoms with Crippen LogP contribution in [-0.2, 0) is 14.3 Å². The summed E-state index contributed by atoms with van der Waals surface area (Å²) in [5, 5.41) is 13.5. The fraction of sp³-hybridized carbons (Fsp3) is 0.250. The van der Waals surface area contributed by atoms with E-state index in [1.807, 2.05) is 11.5 Å². The van der Waals surface area contributed by atoms with Gasteiger partial charge in [0.05, 0.1) is 30.9 Å². The van der Waals surface area contributed by atoms with Crippen LogP contribution in [-0.4, -0.2) is 53.1 Å². The fourth-order valence-corrected chi connectivity index (χ4v) is 3.33. The highest BCUT2D eigenvalue weighted by Gasteiger charge is 2.35. The Morgan fingerprint density at radius 3 is 2.55 bits per heavy atom. The fourth-order valence-electron chi connectivity index (χ4n) is 3.33. The van der Waals surface area contributed by atoms with Crippen LogP contribution < -0.4 is 10.1 Å². The number of nitrogens with zero attached hydrogens (tertiary/aromatic N) is 3. The number of esters is 1. The van der Waals surface area contributed by atoms with Gasteiger partial charge in [-0.05, 0) is 37.6 Å². The molecule has 3 amide bonds. The maximum absolute atomic E-state index is 12.5. The monoisotopic (exact) mass is 428 g/mol. The number of carbonyl (C=O) groups is 3. The molecular formula is C20H20N4O7. The Hall–Kier alpha value is -4.15. The van der Waals surface area contributed by atoms with Crippen LogP contribution in [0.2, 0.25) is 0 Å². The van der Waals surface area contributed by atoms with Crippen LogP contribution in [0.3, 0.4) is 0 Å². The molecule has 0 atom stereocenters. The second-order valence-corrected chi connectivity index (χ2v) is 6.73. The first-order valence-corrected chi connectivity index (χ1v) is 9.11. The summed E-state index contributed by atoms with van der Waals surface area (Å²) in [6.07, 6.45) is 1.51. The lowest BCUT2D eigenvalue weighted by Gasteiger charge is -2.13. The van der Waals surface area contributed by atoms with Gasteiger partial charge in [0.25, 0.3) is 11.6 Å². The van der Waals surface area contributed by atoms with Crippen LogP contribution in [0.5, 0.6) is 5.75 Å². The highest BCUT2D eigenvalue weighted by atomic mass is 16.6. The van der Waals surface area contributed by atoms with Gasteiger partial charge in [-0.3, -0.25) is 19.7 Å². The predicted molar refractivity (Wildman–Crippen MR) is 109 cm³/mol. The molecule has 1 aromatic heterocycles. The van der Waals surface area contributed by atoms with Gasteiger partial charge in [-0.1, -0.05) is 0 Å². The molecule has 0 unspecified atom stereocenters. The van der Waals surface area contributed by atoms with Gasteiger partial charge < -0.3 is 19.4 Å². The Kier molecular flexibility index (Phi) is 5.77. The molecule has 1 aliphatic heterocycles. The summed E-state index contributed by atoms with van der Waals surface area (Å²) in [5.74, 6) is -1.05. The normalized spacial score (nSPS) is 14.7. The second-order valence-electron chi connectivity index (χ2n) is 6.73. The number of amides is 3. The number of imide groups is 1. The van der Waals surface area contributed by atoms with Crippen molar-refractivity contribution in [1.29, 1.82) is 0 Å². The van der Waals surface area contributed by atoms with E-state index in [1.165, 1.54) is 32.4 Å². The predicted octanol–water partition coefficient (Wildman–Crippen LogP) is 2.08. The van der Waals surface area contributed by atoms with Crippen molar-refractivity contribution in [1.82, 2.24) is 14.8 Å². The summed E-state index contributed by atoms with van der Waals surface area (Å²) in [6.45, 7) is 3.14. The van der Waals surface area contributed by atoms with E-state index < -0.39 is 29.4 Å². The molecular weight excluding hydrogens is 408 g/mol. The minimum absolute atomic E-state index is 0.0183. The molecule has 1 N–H and O–H groups in total. The van der Waals surface area contributed by atoms with Gasteiger partial charge in [-0.25, -0.2) is 9.69 Å². The minimum Gasteiger partial charge on any atom is -0.494 e. The molecule has 0 aliphatic carbocycles. The van der Waals surface area contributed by atoms with Gasteiger partial charge in [-0.15, -0.1) is 0 Å². The van der Waals surface area contributed by atoms with Gasteiger partial charge in [0.1, 0.15) is 18.0 Å². The first-order chi connectivity index (χ1) is 14.7. The highest BCUT2D eigenvalue weighted by molar-refractivity contribution is 6.15. The molecule has 31 heavy (non-hydrogen) atoms. The maximum atomic E-state index is 12.5. The molecule has 0 spiro atoms. The van der Waals surface area contributed by atoms with Crippen molar-refractivity contribution in [3.05, 3.63) is 57.0 Å². The van der Waals surface area contributed by atoms with Crippen molar-refractivity contribution in [2.75, 3.05) is 20.8 Å². The smallest absolute Gasteiger partial charge is 0.329 e. The number of urea groups is 1. The van der Waals surface area contributed by atoms with E-state index in [-0.39, 0.29) is 11.4 Å². The number of ether oxygens (including phenoxy) is 2. The van der Waals surface area contributed by atoms with E-state index in [0.29, 0.717) is 22.7 Å². The molecule has 3 rings (SSSR count). The molecule has 0 saturated carbocycles. The average Bonchev–Trinajstić information content (AvgIpc) is 3.16. The number of non-ortho nitro benzene ring substituents is 1. The number of nitro groups is 1. The summed E-state index contributed by atoms with van der Waals surface area (Å²) < 4.78 is 11.7. The Balaban J connectivity index is 2.00. The van der Waals surface area contributed by atoms with Crippen molar-refractivity contribution in [2.24, 2.45) is 0 Å². The summed E-state index contributed by atoms with van der Waals surface area (Å²) >= 11 is 0. The van der Waals surface area contributed by atoms with Gasteiger partial charge in [0.2, 0.25) is 0 Å². The highest BCUT2D eigenvalue weighted by Crippen LogP contribution is 2.32. The Morgan fingerprint density at radius 2 is 1.94 bits per heavy atom. The Morgan fingerprint density at radius 1 is 1.23 bits per heavy atom. The standard InChI is InChI=1S/C20H20N4O7/c1-11-7-13(8-15-19(26)22(20(27)21-15)10-18(25)31-4)12(2)23(11)16-6-5-14(24(28)29)9-17(16)30-3/h5-9H,10H2,1-4H3,(H,21,27)/b15-8+. The molecule has 1 aliphatic rings. The number of nitrogens with one attached hydrogen (secondary N) is 1. The molecule has 162 valence electrons. The van der Waals surface area contributed by atoms with Crippen molar-refractivity contribution in [2.45, 2.75) is 13.8 Å². The molecule has 11 heteroatoms. The topological polar surface area (TPSA) is 133 Å². The zero-order chi connectivity index (χ0) is 22.9. The molecule has 0 bridgehead atoms. The van der Waals surface area contributed by atoms with E-state index >= 15 is 0 Å². The second kappa shape index (κ2) is 8.30. The number of rotatable bonds is 6. The van der Waals surface area contributed by atoms with E-state index in [4.69, 9.17) is 4.74 Å². The van der Waals surface area contributed by atoms with E-state index in [2.05, 4.69) is 10.1 Å². The zero-order valence-electron chi connectivity index (χ0n) is 17.3. The first kappa shape index (κ1) is 21.6. The first-order valence-electron chi connectivity index (χ1n) is 9.11. The molecule has 11 nitrogen and oxygen atoms in total. The van der Waals surface area contributed by atoms with Gasteiger partial charge in [0.15, 0.2) is 0 Å². The molecule has 1 fully saturated rings. The lowest BCUT2D eigenvalue weighted by Crippen LogP contribution is -2.36. The summed E-state index contributed by atoms with van der Waals surface area (Å²) in [6, 6.07) is 5.37. The van der Waals surface area contributed by atoms with Crippen LogP contribution >= 0.6 is 0 Å². The third kappa shape index (κ3) is 3.97. The SMILES string of the molecule is COC(=O)CN1C(=O)N/C(=C/c2cc(C)n(-c3ccc([N+](=O)[O-])cc3OC)c2C)C1=O. The number of aryl methyl sites for hydroxylation is 1. The number of benzene rings is 1. The van der Waals surface area contributed by atoms with Crippen LogP contribution in [0, 0.1) is 24.0 Å². The van der Waals surface area contributed by atoms with Crippen molar-refractivity contribution in [3.8, 4) is 11.4 Å². The van der Waals surface area contributed by atoms with Gasteiger partial charge in [0, 0.05) is 17.5 Å². The average molecular weight is 428 g/mol. The largest absolute Gasteiger partial charge is 0.494 e. The Labute approximate surface area is 177 Å². The number of aromatic nitrogens is 1. The third-order valence-electron chi connectivity index (χ3n) is 4.86. The van der Waals surface area contributed by atoms with Crippen LogP contribution in [0.4, 0.5) is 10.5 Å². The maximum Gasteiger partial charge on any atom is 0.329 e. The summed E-state index contributed by atoms with van der Waals surface area (Å²) in [4.78, 5) is 47.3. The number of hydrogen-bond donors (Lipinski definition) is 1. The third-order valence-corrected chi connectivity index (χ3v) is 4.86. The molecule has 1 aromatic carbocycles. The Bertz CT molecular complexity index is 1130. The van der Waals surface area contributed by atoms with Gasteiger partial charge >= 0.3 is 12.0 Å². The number of carbonyl (C=O) groups excluding carboxylic acids is 3. The molecule has 2 heterocycles. The quantitative estimate of drug-likeness (QED) is 0.245. The molecule has 1 saturated heterocycles. The number of methoxy groups -OCH3 is 2. The van der Waals surface area contributed by atoms with E-state index in [0.717, 1.165) is 10.6 Å². The summed E-state index contributed by atoms with van der Waals surface area (Å²) in [7, 11) is 2.58. The van der Waals surface area contributed by atoms with Crippen LogP contribution in [0.25, 0.3) is 11.8 Å². The van der Waals surface area contributed by atoms with Crippen molar-refractivity contribution in [3.63, 3.8) is 0 Å². The van der Waals surface area contributed by atoms with Crippen LogP contribution in [0.1, 0.15) is 17.0 Å². The lowest BCUT2D eigenvalue weighted by molar-refractivity contribution is -0.384. The van der Waals surface area contributed by atoms with Crippen LogP contribution in [0.15, 0.2) is 30.0 Å². The molecule has 2 aromatic rings. The number of nitro benzene ring substituents is 1.